The molecule has 52 heavy (non-hydrogen) atoms. The van der Waals surface area contributed by atoms with Crippen molar-refractivity contribution < 1.29 is 28.6 Å². The molecule has 0 bridgehead atoms. The number of esters is 3. The number of rotatable bonds is 39. The second kappa shape index (κ2) is 37.7. The van der Waals surface area contributed by atoms with Gasteiger partial charge in [-0.25, -0.2) is 0 Å². The number of carbonyl (C=O) groups is 3. The normalized spacial score (nSPS) is 12.7. The quantitative estimate of drug-likeness (QED) is 0.0355. The lowest BCUT2D eigenvalue weighted by atomic mass is 10.00. The van der Waals surface area contributed by atoms with E-state index in [9.17, 15) is 14.4 Å². The van der Waals surface area contributed by atoms with Crippen molar-refractivity contribution in [2.75, 3.05) is 13.2 Å². The molecule has 308 valence electrons. The smallest absolute Gasteiger partial charge is 0.306 e. The van der Waals surface area contributed by atoms with Gasteiger partial charge in [-0.1, -0.05) is 202 Å². The van der Waals surface area contributed by atoms with Crippen LogP contribution < -0.4 is 0 Å². The third-order valence-electron chi connectivity index (χ3n) is 10.5. The van der Waals surface area contributed by atoms with Crippen molar-refractivity contribution in [3.05, 3.63) is 0 Å². The minimum atomic E-state index is -0.762. The summed E-state index contributed by atoms with van der Waals surface area (Å²) in [5.74, 6) is 1.54. The second-order valence-electron chi connectivity index (χ2n) is 16.9. The number of hydrogen-bond acceptors (Lipinski definition) is 6. The summed E-state index contributed by atoms with van der Waals surface area (Å²) in [7, 11) is 0. The number of hydrogen-bond donors (Lipinski definition) is 0. The first kappa shape index (κ1) is 50.4. The van der Waals surface area contributed by atoms with Gasteiger partial charge in [0, 0.05) is 19.3 Å². The van der Waals surface area contributed by atoms with Crippen molar-refractivity contribution in [3.63, 3.8) is 0 Å². The summed E-state index contributed by atoms with van der Waals surface area (Å²) in [6.45, 7) is 13.6. The van der Waals surface area contributed by atoms with Crippen LogP contribution in [0, 0.1) is 17.8 Å². The third-order valence-corrected chi connectivity index (χ3v) is 10.5. The summed E-state index contributed by atoms with van der Waals surface area (Å²) in [5.41, 5.74) is 0. The average molecular weight is 737 g/mol. The van der Waals surface area contributed by atoms with Gasteiger partial charge in [-0.05, 0) is 37.0 Å². The van der Waals surface area contributed by atoms with Crippen molar-refractivity contribution in [2.24, 2.45) is 17.8 Å². The van der Waals surface area contributed by atoms with Gasteiger partial charge in [0.2, 0.25) is 0 Å². The summed E-state index contributed by atoms with van der Waals surface area (Å²) in [6.07, 6.45) is 33.9. The topological polar surface area (TPSA) is 78.9 Å². The van der Waals surface area contributed by atoms with Gasteiger partial charge < -0.3 is 14.2 Å². The van der Waals surface area contributed by atoms with Crippen LogP contribution >= 0.6 is 0 Å². The maximum Gasteiger partial charge on any atom is 0.306 e. The molecule has 0 aliphatic carbocycles. The molecule has 0 aromatic rings. The van der Waals surface area contributed by atoms with Gasteiger partial charge in [0.1, 0.15) is 13.2 Å². The monoisotopic (exact) mass is 737 g/mol. The fourth-order valence-electron chi connectivity index (χ4n) is 6.67. The van der Waals surface area contributed by atoms with E-state index in [0.717, 1.165) is 75.5 Å². The van der Waals surface area contributed by atoms with E-state index in [1.54, 1.807) is 0 Å². The Balaban J connectivity index is 4.33. The fraction of sp³-hybridized carbons (Fsp3) is 0.935. The van der Waals surface area contributed by atoms with Crippen LogP contribution in [0.4, 0.5) is 0 Å². The van der Waals surface area contributed by atoms with E-state index in [0.29, 0.717) is 19.3 Å². The molecule has 0 N–H and O–H groups in total. The van der Waals surface area contributed by atoms with Crippen LogP contribution in [-0.2, 0) is 28.6 Å². The zero-order valence-electron chi connectivity index (χ0n) is 35.6. The molecule has 0 radical (unpaired) electrons. The zero-order chi connectivity index (χ0) is 38.5. The lowest BCUT2D eigenvalue weighted by Crippen LogP contribution is -2.30. The van der Waals surface area contributed by atoms with Crippen molar-refractivity contribution in [3.8, 4) is 0 Å². The maximum absolute atomic E-state index is 12.7. The van der Waals surface area contributed by atoms with Gasteiger partial charge in [0.15, 0.2) is 6.10 Å². The molecule has 0 saturated carbocycles. The molecule has 0 spiro atoms. The summed E-state index contributed by atoms with van der Waals surface area (Å²) in [6, 6.07) is 0. The molecule has 0 aromatic heterocycles. The Morgan fingerprint density at radius 3 is 1.00 bits per heavy atom. The first-order chi connectivity index (χ1) is 25.1. The van der Waals surface area contributed by atoms with E-state index in [1.165, 1.54) is 122 Å². The predicted molar refractivity (Wildman–Crippen MR) is 219 cm³/mol. The van der Waals surface area contributed by atoms with Crippen LogP contribution in [-0.4, -0.2) is 37.2 Å². The van der Waals surface area contributed by atoms with E-state index in [4.69, 9.17) is 14.2 Å². The predicted octanol–water partition coefficient (Wildman–Crippen LogP) is 14.0. The van der Waals surface area contributed by atoms with Gasteiger partial charge in [0.25, 0.3) is 0 Å². The molecule has 6 nitrogen and oxygen atoms in total. The van der Waals surface area contributed by atoms with E-state index >= 15 is 0 Å². The molecule has 0 aliphatic heterocycles. The Kier molecular flexibility index (Phi) is 36.6. The highest BCUT2D eigenvalue weighted by Gasteiger charge is 2.19. The van der Waals surface area contributed by atoms with Crippen molar-refractivity contribution >= 4 is 17.9 Å². The first-order valence-electron chi connectivity index (χ1n) is 22.6. The minimum absolute atomic E-state index is 0.0677. The summed E-state index contributed by atoms with van der Waals surface area (Å²) in [4.78, 5) is 37.6. The summed E-state index contributed by atoms with van der Waals surface area (Å²) in [5, 5.41) is 0. The molecule has 2 atom stereocenters. The first-order valence-corrected chi connectivity index (χ1v) is 22.6. The molecule has 0 fully saturated rings. The molecule has 6 heteroatoms. The van der Waals surface area contributed by atoms with Gasteiger partial charge in [-0.3, -0.25) is 14.4 Å². The van der Waals surface area contributed by atoms with E-state index in [-0.39, 0.29) is 31.1 Å². The molecule has 0 saturated heterocycles. The van der Waals surface area contributed by atoms with E-state index in [2.05, 4.69) is 41.5 Å². The molecular formula is C46H88O6. The van der Waals surface area contributed by atoms with Gasteiger partial charge in [0.05, 0.1) is 0 Å². The Labute approximate surface area is 323 Å². The molecule has 0 amide bonds. The highest BCUT2D eigenvalue weighted by Crippen LogP contribution is 2.17. The fourth-order valence-corrected chi connectivity index (χ4v) is 6.67. The van der Waals surface area contributed by atoms with Crippen LogP contribution in [0.5, 0.6) is 0 Å². The Morgan fingerprint density at radius 2 is 0.673 bits per heavy atom. The van der Waals surface area contributed by atoms with Crippen LogP contribution in [0.15, 0.2) is 0 Å². The van der Waals surface area contributed by atoms with Gasteiger partial charge in [-0.2, -0.15) is 0 Å². The van der Waals surface area contributed by atoms with Crippen molar-refractivity contribution in [2.45, 2.75) is 247 Å². The molecule has 0 heterocycles. The third kappa shape index (κ3) is 38.1. The largest absolute Gasteiger partial charge is 0.462 e. The van der Waals surface area contributed by atoms with Gasteiger partial charge >= 0.3 is 17.9 Å². The summed E-state index contributed by atoms with van der Waals surface area (Å²) >= 11 is 0. The van der Waals surface area contributed by atoms with Crippen LogP contribution in [0.2, 0.25) is 0 Å². The van der Waals surface area contributed by atoms with Crippen molar-refractivity contribution in [1.29, 1.82) is 0 Å². The SMILES string of the molecule is CCC(C)CCCCCCCCC(=O)OC[C@H](COC(=O)CCCCCCCCC(C)C)OC(=O)CCCCCCCCCCCCCCC(C)C. The molecule has 0 rings (SSSR count). The highest BCUT2D eigenvalue weighted by molar-refractivity contribution is 5.71. The molecule has 0 aliphatic rings. The minimum Gasteiger partial charge on any atom is -0.462 e. The van der Waals surface area contributed by atoms with E-state index < -0.39 is 6.10 Å². The van der Waals surface area contributed by atoms with Crippen molar-refractivity contribution in [1.82, 2.24) is 0 Å². The van der Waals surface area contributed by atoms with Crippen LogP contribution in [0.1, 0.15) is 241 Å². The number of unbranched alkanes of at least 4 members (excludes halogenated alkanes) is 21. The molecular weight excluding hydrogens is 648 g/mol. The van der Waals surface area contributed by atoms with Crippen LogP contribution in [0.25, 0.3) is 0 Å². The second-order valence-corrected chi connectivity index (χ2v) is 16.9. The Morgan fingerprint density at radius 1 is 0.385 bits per heavy atom. The number of ether oxygens (including phenoxy) is 3. The standard InChI is InChI=1S/C46H88O6/c1-7-42(6)34-28-22-17-19-24-30-36-45(48)51-39-43(38-50-44(47)35-29-23-18-16-21-27-33-41(4)5)52-46(49)37-31-25-15-13-11-9-8-10-12-14-20-26-32-40(2)3/h40-43H,7-39H2,1-6H3/t42?,43-/m0/s1. The highest BCUT2D eigenvalue weighted by atomic mass is 16.6. The zero-order valence-corrected chi connectivity index (χ0v) is 35.6. The number of carbonyl (C=O) groups excluding carboxylic acids is 3. The maximum atomic E-state index is 12.7. The summed E-state index contributed by atoms with van der Waals surface area (Å²) < 4.78 is 16.7. The van der Waals surface area contributed by atoms with Crippen LogP contribution in [0.3, 0.4) is 0 Å². The lowest BCUT2D eigenvalue weighted by Gasteiger charge is -2.18. The average Bonchev–Trinajstić information content (AvgIpc) is 3.11. The Bertz CT molecular complexity index is 809. The van der Waals surface area contributed by atoms with E-state index in [1.807, 2.05) is 0 Å². The Hall–Kier alpha value is -1.59. The molecule has 1 unspecified atom stereocenters. The van der Waals surface area contributed by atoms with Gasteiger partial charge in [-0.15, -0.1) is 0 Å². The lowest BCUT2D eigenvalue weighted by molar-refractivity contribution is -0.167. The molecule has 0 aromatic carbocycles.